The fourth-order valence-corrected chi connectivity index (χ4v) is 6.17. The van der Waals surface area contributed by atoms with Gasteiger partial charge in [-0.1, -0.05) is 109 Å². The van der Waals surface area contributed by atoms with Crippen LogP contribution in [-0.2, 0) is 6.42 Å². The predicted molar refractivity (Wildman–Crippen MR) is 174 cm³/mol. The molecule has 0 amide bonds. The van der Waals surface area contributed by atoms with Crippen LogP contribution in [-0.4, -0.2) is 15.0 Å². The van der Waals surface area contributed by atoms with Crippen molar-refractivity contribution >= 4 is 27.6 Å². The van der Waals surface area contributed by atoms with Crippen LogP contribution in [0.5, 0.6) is 0 Å². The van der Waals surface area contributed by atoms with E-state index in [0.717, 1.165) is 42.4 Å². The first-order valence-corrected chi connectivity index (χ1v) is 14.7. The molecular weight excluding hydrogens is 510 g/mol. The third-order valence-corrected chi connectivity index (χ3v) is 8.47. The number of hydrogen-bond donors (Lipinski definition) is 0. The first-order valence-electron chi connectivity index (χ1n) is 14.7. The summed E-state index contributed by atoms with van der Waals surface area (Å²) >= 11 is 0. The Hall–Kier alpha value is -5.15. The standard InChI is InChI=1S/C39H29N3/c1-2-8-26(9-3-1)32-18-14-29-17-21-35(25-36(29)24-32)39-41-37(33-19-15-27-10-4-6-12-30(27)22-33)40-38(42-39)34-20-16-28-11-5-7-13-31(28)23-34/h1-2,4-8,10-13,15-17,19-25H,3,9,14,18H2. The Balaban J connectivity index is 1.28. The first-order chi connectivity index (χ1) is 20.8. The van der Waals surface area contributed by atoms with E-state index in [2.05, 4.69) is 127 Å². The van der Waals surface area contributed by atoms with Crippen LogP contribution in [0.4, 0.5) is 0 Å². The Morgan fingerprint density at radius 2 is 1.05 bits per heavy atom. The highest BCUT2D eigenvalue weighted by atomic mass is 15.0. The molecule has 0 unspecified atom stereocenters. The van der Waals surface area contributed by atoms with Crippen molar-refractivity contribution in [3.05, 3.63) is 144 Å². The first kappa shape index (κ1) is 24.6. The topological polar surface area (TPSA) is 38.7 Å². The van der Waals surface area contributed by atoms with Crippen molar-refractivity contribution in [2.24, 2.45) is 0 Å². The molecule has 0 saturated heterocycles. The van der Waals surface area contributed by atoms with Gasteiger partial charge in [-0.2, -0.15) is 0 Å². The maximum Gasteiger partial charge on any atom is 0.164 e. The molecule has 2 aliphatic rings. The molecule has 0 N–H and O–H groups in total. The molecule has 0 atom stereocenters. The normalized spacial score (nSPS) is 14.5. The average Bonchev–Trinajstić information content (AvgIpc) is 3.07. The lowest BCUT2D eigenvalue weighted by Gasteiger charge is -2.20. The van der Waals surface area contributed by atoms with Crippen LogP contribution in [0, 0.1) is 0 Å². The second kappa shape index (κ2) is 10.4. The number of aryl methyl sites for hydroxylation is 1. The van der Waals surface area contributed by atoms with Crippen LogP contribution in [0.1, 0.15) is 30.4 Å². The van der Waals surface area contributed by atoms with E-state index in [1.54, 1.807) is 0 Å². The maximum absolute atomic E-state index is 5.06. The molecule has 2 aliphatic carbocycles. The molecule has 6 aromatic rings. The summed E-state index contributed by atoms with van der Waals surface area (Å²) in [7, 11) is 0. The minimum atomic E-state index is 0.682. The van der Waals surface area contributed by atoms with Crippen LogP contribution in [0.15, 0.2) is 133 Å². The fourth-order valence-electron chi connectivity index (χ4n) is 6.17. The van der Waals surface area contributed by atoms with Crippen LogP contribution >= 0.6 is 0 Å². The molecule has 3 heteroatoms. The molecule has 0 spiro atoms. The summed E-state index contributed by atoms with van der Waals surface area (Å²) in [5.74, 6) is 2.06. The van der Waals surface area contributed by atoms with Gasteiger partial charge in [-0.3, -0.25) is 0 Å². The van der Waals surface area contributed by atoms with Gasteiger partial charge in [-0.05, 0) is 87.7 Å². The molecule has 0 bridgehead atoms. The van der Waals surface area contributed by atoms with Crippen molar-refractivity contribution in [3.63, 3.8) is 0 Å². The number of benzene rings is 5. The van der Waals surface area contributed by atoms with Crippen molar-refractivity contribution in [1.29, 1.82) is 0 Å². The highest BCUT2D eigenvalue weighted by Gasteiger charge is 2.17. The zero-order chi connectivity index (χ0) is 27.9. The third kappa shape index (κ3) is 4.63. The predicted octanol–water partition coefficient (Wildman–Crippen LogP) is 9.78. The molecule has 200 valence electrons. The van der Waals surface area contributed by atoms with Gasteiger partial charge in [-0.15, -0.1) is 0 Å². The summed E-state index contributed by atoms with van der Waals surface area (Å²) in [4.78, 5) is 15.2. The van der Waals surface area contributed by atoms with E-state index in [-0.39, 0.29) is 0 Å². The van der Waals surface area contributed by atoms with Crippen molar-refractivity contribution in [2.45, 2.75) is 25.7 Å². The zero-order valence-electron chi connectivity index (χ0n) is 23.3. The number of hydrogen-bond acceptors (Lipinski definition) is 3. The number of rotatable bonds is 4. The molecule has 0 radical (unpaired) electrons. The fraction of sp³-hybridized carbons (Fsp3) is 0.103. The quantitative estimate of drug-likeness (QED) is 0.224. The van der Waals surface area contributed by atoms with Gasteiger partial charge in [0.25, 0.3) is 0 Å². The van der Waals surface area contributed by atoms with E-state index in [4.69, 9.17) is 15.0 Å². The SMILES string of the molecule is C1=CCCC(C2=Cc3cc(-c4nc(-c5ccc6ccccc6c5)nc(-c5ccc6ccccc6c5)n4)ccc3CC2)=C1. The van der Waals surface area contributed by atoms with Crippen LogP contribution in [0.25, 0.3) is 61.8 Å². The molecule has 3 nitrogen and oxygen atoms in total. The van der Waals surface area contributed by atoms with Gasteiger partial charge >= 0.3 is 0 Å². The number of aromatic nitrogens is 3. The summed E-state index contributed by atoms with van der Waals surface area (Å²) < 4.78 is 0. The Kier molecular flexibility index (Phi) is 6.07. The summed E-state index contributed by atoms with van der Waals surface area (Å²) in [6.45, 7) is 0. The van der Waals surface area contributed by atoms with Gasteiger partial charge in [0.2, 0.25) is 0 Å². The largest absolute Gasteiger partial charge is 0.208 e. The monoisotopic (exact) mass is 539 g/mol. The Morgan fingerprint density at radius 3 is 1.64 bits per heavy atom. The summed E-state index contributed by atoms with van der Waals surface area (Å²) in [6, 6.07) is 36.3. The second-order valence-corrected chi connectivity index (χ2v) is 11.2. The molecule has 0 fully saturated rings. The van der Waals surface area contributed by atoms with E-state index in [1.165, 1.54) is 43.8 Å². The van der Waals surface area contributed by atoms with Crippen LogP contribution in [0.2, 0.25) is 0 Å². The summed E-state index contributed by atoms with van der Waals surface area (Å²) in [5.41, 5.74) is 8.54. The van der Waals surface area contributed by atoms with Gasteiger partial charge in [0.05, 0.1) is 0 Å². The van der Waals surface area contributed by atoms with Gasteiger partial charge in [0.1, 0.15) is 0 Å². The Labute approximate surface area is 245 Å². The molecule has 0 saturated carbocycles. The van der Waals surface area contributed by atoms with Crippen molar-refractivity contribution in [3.8, 4) is 34.2 Å². The molecule has 0 aliphatic heterocycles. The van der Waals surface area contributed by atoms with Gasteiger partial charge in [-0.25, -0.2) is 15.0 Å². The molecule has 5 aromatic carbocycles. The number of fused-ring (bicyclic) bond motifs is 3. The van der Waals surface area contributed by atoms with E-state index in [1.807, 2.05) is 0 Å². The van der Waals surface area contributed by atoms with E-state index >= 15 is 0 Å². The zero-order valence-corrected chi connectivity index (χ0v) is 23.3. The van der Waals surface area contributed by atoms with Crippen molar-refractivity contribution < 1.29 is 0 Å². The lowest BCUT2D eigenvalue weighted by molar-refractivity contribution is 0.884. The lowest BCUT2D eigenvalue weighted by atomic mass is 9.85. The highest BCUT2D eigenvalue weighted by molar-refractivity contribution is 5.88. The molecular formula is C39H29N3. The maximum atomic E-state index is 5.06. The molecule has 42 heavy (non-hydrogen) atoms. The van der Waals surface area contributed by atoms with Crippen molar-refractivity contribution in [1.82, 2.24) is 15.0 Å². The Bertz CT molecular complexity index is 2000. The summed E-state index contributed by atoms with van der Waals surface area (Å²) in [5, 5.41) is 4.74. The van der Waals surface area contributed by atoms with Crippen molar-refractivity contribution in [2.75, 3.05) is 0 Å². The smallest absolute Gasteiger partial charge is 0.164 e. The number of nitrogens with zero attached hydrogens (tertiary/aromatic N) is 3. The minimum absolute atomic E-state index is 0.682. The molecule has 1 aromatic heterocycles. The van der Waals surface area contributed by atoms with Gasteiger partial charge in [0, 0.05) is 16.7 Å². The minimum Gasteiger partial charge on any atom is -0.208 e. The molecule has 8 rings (SSSR count). The lowest BCUT2D eigenvalue weighted by Crippen LogP contribution is -2.04. The summed E-state index contributed by atoms with van der Waals surface area (Å²) in [6.07, 6.45) is 13.5. The highest BCUT2D eigenvalue weighted by Crippen LogP contribution is 2.34. The van der Waals surface area contributed by atoms with E-state index < -0.39 is 0 Å². The molecule has 1 heterocycles. The average molecular weight is 540 g/mol. The number of allylic oxidation sites excluding steroid dienone is 5. The van der Waals surface area contributed by atoms with E-state index in [9.17, 15) is 0 Å². The van der Waals surface area contributed by atoms with Gasteiger partial charge < -0.3 is 0 Å². The van der Waals surface area contributed by atoms with Gasteiger partial charge in [0.15, 0.2) is 17.5 Å². The van der Waals surface area contributed by atoms with Crippen LogP contribution < -0.4 is 0 Å². The van der Waals surface area contributed by atoms with Crippen LogP contribution in [0.3, 0.4) is 0 Å². The van der Waals surface area contributed by atoms with E-state index in [0.29, 0.717) is 17.5 Å². The second-order valence-electron chi connectivity index (χ2n) is 11.2. The third-order valence-electron chi connectivity index (χ3n) is 8.47. The Morgan fingerprint density at radius 1 is 0.476 bits per heavy atom.